The van der Waals surface area contributed by atoms with Gasteiger partial charge in [-0.15, -0.1) is 0 Å². The third-order valence-electron chi connectivity index (χ3n) is 5.82. The van der Waals surface area contributed by atoms with Crippen molar-refractivity contribution in [2.24, 2.45) is 4.99 Å². The van der Waals surface area contributed by atoms with Crippen molar-refractivity contribution in [1.29, 1.82) is 5.41 Å². The largest absolute Gasteiger partial charge is 0.508 e. The minimum Gasteiger partial charge on any atom is -0.508 e. The summed E-state index contributed by atoms with van der Waals surface area (Å²) in [6, 6.07) is 12.4. The molecule has 3 N–H and O–H groups in total. The van der Waals surface area contributed by atoms with Crippen LogP contribution in [-0.2, 0) is 12.8 Å². The first kappa shape index (κ1) is 22.3. The zero-order valence-electron chi connectivity index (χ0n) is 19.0. The van der Waals surface area contributed by atoms with Gasteiger partial charge in [0.25, 0.3) is 0 Å². The minimum absolute atomic E-state index is 0.0208. The summed E-state index contributed by atoms with van der Waals surface area (Å²) in [6.45, 7) is 3.93. The topological polar surface area (TPSA) is 102 Å². The second kappa shape index (κ2) is 9.32. The lowest BCUT2D eigenvalue weighted by Crippen LogP contribution is -2.40. The highest BCUT2D eigenvalue weighted by Gasteiger charge is 2.27. The number of amidine groups is 2. The molecule has 0 amide bonds. The van der Waals surface area contributed by atoms with Crippen LogP contribution in [0.25, 0.3) is 0 Å². The van der Waals surface area contributed by atoms with Crippen molar-refractivity contribution < 1.29 is 14.9 Å². The van der Waals surface area contributed by atoms with Crippen LogP contribution in [0.5, 0.6) is 17.2 Å². The van der Waals surface area contributed by atoms with Crippen LogP contribution in [0.15, 0.2) is 59.9 Å². The minimum atomic E-state index is -0.180. The van der Waals surface area contributed by atoms with Crippen molar-refractivity contribution in [3.63, 3.8) is 0 Å². The van der Waals surface area contributed by atoms with Gasteiger partial charge in [-0.3, -0.25) is 15.4 Å². The van der Waals surface area contributed by atoms with Crippen LogP contribution in [0, 0.1) is 5.41 Å². The van der Waals surface area contributed by atoms with Crippen LogP contribution in [-0.4, -0.2) is 34.1 Å². The highest BCUT2D eigenvalue weighted by atomic mass is 16.5. The number of aromatic hydroxyl groups is 2. The first-order valence-electron chi connectivity index (χ1n) is 11.0. The van der Waals surface area contributed by atoms with E-state index in [2.05, 4.69) is 22.1 Å². The molecule has 0 bridgehead atoms. The molecule has 1 aliphatic rings. The van der Waals surface area contributed by atoms with Gasteiger partial charge in [0.1, 0.15) is 23.1 Å². The zero-order chi connectivity index (χ0) is 23.5. The fourth-order valence-electron chi connectivity index (χ4n) is 4.17. The van der Waals surface area contributed by atoms with Gasteiger partial charge in [0.05, 0.1) is 17.4 Å². The number of aliphatic imine (C=N–C) groups is 1. The number of fused-ring (bicyclic) bond motifs is 1. The number of anilines is 1. The van der Waals surface area contributed by atoms with Crippen LogP contribution in [0.3, 0.4) is 0 Å². The summed E-state index contributed by atoms with van der Waals surface area (Å²) in [6.07, 6.45) is 6.30. The summed E-state index contributed by atoms with van der Waals surface area (Å²) in [7, 11) is 1.61. The molecule has 2 aromatic carbocycles. The predicted octanol–water partition coefficient (Wildman–Crippen LogP) is 5.00. The summed E-state index contributed by atoms with van der Waals surface area (Å²) in [4.78, 5) is 10.1. The molecule has 0 spiro atoms. The van der Waals surface area contributed by atoms with Gasteiger partial charge in [0, 0.05) is 19.3 Å². The van der Waals surface area contributed by atoms with Crippen molar-refractivity contribution >= 4 is 17.5 Å². The molecular formula is C26H28N4O3. The fraction of sp³-hybridized carbons (Fsp3) is 0.269. The molecule has 1 aromatic heterocycles. The molecule has 0 aliphatic heterocycles. The fourth-order valence-corrected chi connectivity index (χ4v) is 4.17. The van der Waals surface area contributed by atoms with Crippen LogP contribution in [0.4, 0.5) is 5.69 Å². The van der Waals surface area contributed by atoms with E-state index in [0.717, 1.165) is 19.3 Å². The van der Waals surface area contributed by atoms with Crippen molar-refractivity contribution in [2.45, 2.75) is 39.0 Å². The third-order valence-corrected chi connectivity index (χ3v) is 5.82. The van der Waals surface area contributed by atoms with E-state index in [4.69, 9.17) is 10.1 Å². The van der Waals surface area contributed by atoms with Gasteiger partial charge < -0.3 is 14.9 Å². The Morgan fingerprint density at radius 3 is 2.58 bits per heavy atom. The van der Waals surface area contributed by atoms with E-state index in [-0.39, 0.29) is 23.4 Å². The lowest BCUT2D eigenvalue weighted by Gasteiger charge is -2.27. The molecule has 3 aromatic rings. The van der Waals surface area contributed by atoms with Crippen LogP contribution < -0.4 is 9.64 Å². The number of benzene rings is 2. The Kier molecular flexibility index (Phi) is 6.31. The quantitative estimate of drug-likeness (QED) is 0.388. The number of nitrogens with zero attached hydrogens (tertiary/aromatic N) is 3. The van der Waals surface area contributed by atoms with Crippen molar-refractivity contribution in [3.05, 3.63) is 77.1 Å². The Labute approximate surface area is 193 Å². The molecule has 4 rings (SSSR count). The normalized spacial score (nSPS) is 13.2. The third kappa shape index (κ3) is 4.53. The van der Waals surface area contributed by atoms with E-state index in [9.17, 15) is 10.2 Å². The molecule has 0 radical (unpaired) electrons. The number of hydrogen-bond acceptors (Lipinski definition) is 6. The summed E-state index contributed by atoms with van der Waals surface area (Å²) in [5.41, 5.74) is 4.34. The Morgan fingerprint density at radius 2 is 1.88 bits per heavy atom. The molecule has 170 valence electrons. The smallest absolute Gasteiger partial charge is 0.300 e. The van der Waals surface area contributed by atoms with Gasteiger partial charge in [-0.05, 0) is 72.2 Å². The average Bonchev–Trinajstić information content (AvgIpc) is 3.26. The number of ether oxygens (including phenoxy) is 1. The summed E-state index contributed by atoms with van der Waals surface area (Å²) in [5.74, 6) is 0.676. The Morgan fingerprint density at radius 1 is 1.09 bits per heavy atom. The van der Waals surface area contributed by atoms with E-state index in [1.807, 2.05) is 19.9 Å². The van der Waals surface area contributed by atoms with Gasteiger partial charge in [-0.1, -0.05) is 19.9 Å². The molecule has 1 aliphatic carbocycles. The number of pyridine rings is 1. The van der Waals surface area contributed by atoms with Gasteiger partial charge in [-0.2, -0.15) is 0 Å². The number of phenolic OH excluding ortho intramolecular Hbond substituents is 2. The molecule has 0 unspecified atom stereocenters. The first-order chi connectivity index (χ1) is 15.9. The molecule has 0 saturated heterocycles. The Balaban J connectivity index is 1.83. The number of aromatic nitrogens is 1. The van der Waals surface area contributed by atoms with E-state index in [1.54, 1.807) is 36.3 Å². The SMILES string of the molecule is C/N=C(/c1cc(C(C)C)c(O)cc1O)N(C(=N)Oc1cccnc1)c1ccc2c(c1)CCC2. The number of aryl methyl sites for hydroxylation is 2. The van der Waals surface area contributed by atoms with Gasteiger partial charge in [-0.25, -0.2) is 4.90 Å². The maximum atomic E-state index is 10.7. The highest BCUT2D eigenvalue weighted by molar-refractivity contribution is 6.23. The van der Waals surface area contributed by atoms with Gasteiger partial charge in [0.15, 0.2) is 0 Å². The molecule has 0 atom stereocenters. The number of nitrogens with one attached hydrogen (secondary N) is 1. The maximum absolute atomic E-state index is 10.7. The van der Waals surface area contributed by atoms with Crippen LogP contribution >= 0.6 is 0 Å². The zero-order valence-corrected chi connectivity index (χ0v) is 19.0. The number of hydrogen-bond donors (Lipinski definition) is 3. The second-order valence-electron chi connectivity index (χ2n) is 8.37. The second-order valence-corrected chi connectivity index (χ2v) is 8.37. The highest BCUT2D eigenvalue weighted by Crippen LogP contribution is 2.35. The van der Waals surface area contributed by atoms with Crippen LogP contribution in [0.1, 0.15) is 48.4 Å². The molecule has 33 heavy (non-hydrogen) atoms. The maximum Gasteiger partial charge on any atom is 0.300 e. The summed E-state index contributed by atoms with van der Waals surface area (Å²) in [5, 5.41) is 29.9. The Bertz CT molecular complexity index is 1210. The number of rotatable bonds is 4. The molecule has 7 nitrogen and oxygen atoms in total. The summed E-state index contributed by atoms with van der Waals surface area (Å²) < 4.78 is 5.83. The molecular weight excluding hydrogens is 416 g/mol. The first-order valence-corrected chi connectivity index (χ1v) is 11.0. The lowest BCUT2D eigenvalue weighted by molar-refractivity contribution is 0.443. The van der Waals surface area contributed by atoms with E-state index in [1.165, 1.54) is 23.4 Å². The van der Waals surface area contributed by atoms with Crippen molar-refractivity contribution in [3.8, 4) is 17.2 Å². The van der Waals surface area contributed by atoms with Crippen molar-refractivity contribution in [1.82, 2.24) is 4.98 Å². The predicted molar refractivity (Wildman–Crippen MR) is 130 cm³/mol. The molecule has 0 saturated carbocycles. The van der Waals surface area contributed by atoms with Crippen LogP contribution in [0.2, 0.25) is 0 Å². The lowest BCUT2D eigenvalue weighted by atomic mass is 9.98. The standard InChI is InChI=1S/C26H28N4O3/c1-16(2)21-13-22(24(32)14-23(21)31)25(28-3)30(26(27)33-20-8-5-11-29-15-20)19-10-9-17-6-4-7-18(17)12-19/h5,8-16,27,31-32H,4,6-7H2,1-3H3/b27-26?,28-25-. The van der Waals surface area contributed by atoms with E-state index in [0.29, 0.717) is 28.4 Å². The summed E-state index contributed by atoms with van der Waals surface area (Å²) >= 11 is 0. The molecule has 7 heteroatoms. The van der Waals surface area contributed by atoms with E-state index < -0.39 is 0 Å². The monoisotopic (exact) mass is 444 g/mol. The van der Waals surface area contributed by atoms with Gasteiger partial charge in [0.2, 0.25) is 0 Å². The van der Waals surface area contributed by atoms with Crippen molar-refractivity contribution in [2.75, 3.05) is 11.9 Å². The van der Waals surface area contributed by atoms with E-state index >= 15 is 0 Å². The Hall–Kier alpha value is -3.87. The molecule has 0 fully saturated rings. The average molecular weight is 445 g/mol. The number of phenols is 2. The van der Waals surface area contributed by atoms with Gasteiger partial charge >= 0.3 is 6.02 Å². The molecule has 1 heterocycles.